The van der Waals surface area contributed by atoms with Gasteiger partial charge in [0.2, 0.25) is 0 Å². The van der Waals surface area contributed by atoms with Crippen LogP contribution in [-0.2, 0) is 0 Å². The Labute approximate surface area is 180 Å². The van der Waals surface area contributed by atoms with Crippen LogP contribution in [0, 0.1) is 5.82 Å². The van der Waals surface area contributed by atoms with Gasteiger partial charge in [0.05, 0.1) is 18.8 Å². The number of aromatic nitrogens is 3. The molecule has 5 rings (SSSR count). The Balaban J connectivity index is 1.58. The Morgan fingerprint density at radius 3 is 2.48 bits per heavy atom. The van der Waals surface area contributed by atoms with E-state index in [4.69, 9.17) is 9.84 Å². The van der Waals surface area contributed by atoms with E-state index in [0.717, 1.165) is 48.3 Å². The first-order valence-corrected chi connectivity index (χ1v) is 10.4. The molecule has 0 atom stereocenters. The maximum Gasteiger partial charge on any atom is 0.152 e. The summed E-state index contributed by atoms with van der Waals surface area (Å²) in [5.41, 5.74) is 3.97. The smallest absolute Gasteiger partial charge is 0.152 e. The average Bonchev–Trinajstić information content (AvgIpc) is 3.19. The first-order chi connectivity index (χ1) is 15.2. The Morgan fingerprint density at radius 1 is 0.968 bits per heavy atom. The van der Waals surface area contributed by atoms with E-state index in [1.807, 2.05) is 6.07 Å². The Kier molecular flexibility index (Phi) is 5.03. The quantitative estimate of drug-likeness (QED) is 0.503. The van der Waals surface area contributed by atoms with Gasteiger partial charge in [0.25, 0.3) is 0 Å². The summed E-state index contributed by atoms with van der Waals surface area (Å²) in [7, 11) is 3.68. The number of benzene rings is 2. The number of para-hydroxylation sites is 1. The average molecular weight is 417 g/mol. The van der Waals surface area contributed by atoms with Crippen LogP contribution in [0.4, 0.5) is 10.1 Å². The molecular weight excluding hydrogens is 393 g/mol. The molecule has 1 fully saturated rings. The van der Waals surface area contributed by atoms with Crippen molar-refractivity contribution in [2.24, 2.45) is 0 Å². The number of rotatable bonds is 4. The van der Waals surface area contributed by atoms with Crippen LogP contribution in [0.1, 0.15) is 0 Å². The lowest BCUT2D eigenvalue weighted by molar-refractivity contribution is 0.313. The van der Waals surface area contributed by atoms with E-state index in [9.17, 15) is 4.39 Å². The number of halogens is 1. The van der Waals surface area contributed by atoms with Crippen molar-refractivity contribution in [3.63, 3.8) is 0 Å². The van der Waals surface area contributed by atoms with Gasteiger partial charge >= 0.3 is 0 Å². The number of fused-ring (bicyclic) bond motifs is 1. The van der Waals surface area contributed by atoms with E-state index in [-0.39, 0.29) is 5.69 Å². The molecule has 2 aromatic heterocycles. The highest BCUT2D eigenvalue weighted by Gasteiger charge is 2.20. The third-order valence-electron chi connectivity index (χ3n) is 5.87. The molecule has 6 nitrogen and oxygen atoms in total. The van der Waals surface area contributed by atoms with Crippen molar-refractivity contribution in [3.8, 4) is 22.7 Å². The maximum absolute atomic E-state index is 14.8. The minimum atomic E-state index is -0.399. The highest BCUT2D eigenvalue weighted by Crippen LogP contribution is 2.34. The number of nitrogens with zero attached hydrogens (tertiary/aromatic N) is 5. The number of likely N-dealkylation sites (N-methyl/N-ethyl adjacent to an activating group) is 1. The summed E-state index contributed by atoms with van der Waals surface area (Å²) >= 11 is 0. The molecule has 0 bridgehead atoms. The number of methoxy groups -OCH3 is 1. The number of anilines is 1. The summed E-state index contributed by atoms with van der Waals surface area (Å²) in [5.74, 6) is 0.0229. The van der Waals surface area contributed by atoms with Gasteiger partial charge in [-0.1, -0.05) is 18.2 Å². The molecule has 7 heteroatoms. The van der Waals surface area contributed by atoms with E-state index in [1.54, 1.807) is 29.2 Å². The fourth-order valence-corrected chi connectivity index (χ4v) is 4.11. The van der Waals surface area contributed by atoms with E-state index in [2.05, 4.69) is 46.1 Å². The van der Waals surface area contributed by atoms with Gasteiger partial charge in [-0.15, -0.1) is 0 Å². The van der Waals surface area contributed by atoms with E-state index >= 15 is 0 Å². The van der Waals surface area contributed by atoms with E-state index < -0.39 is 5.82 Å². The second-order valence-corrected chi connectivity index (χ2v) is 7.78. The van der Waals surface area contributed by atoms with Crippen LogP contribution in [0.15, 0.2) is 60.9 Å². The topological polar surface area (TPSA) is 46.4 Å². The maximum atomic E-state index is 14.8. The van der Waals surface area contributed by atoms with Gasteiger partial charge in [-0.25, -0.2) is 9.07 Å². The molecule has 0 amide bonds. The van der Waals surface area contributed by atoms with Crippen LogP contribution in [0.5, 0.6) is 5.75 Å². The third kappa shape index (κ3) is 3.51. The zero-order valence-electron chi connectivity index (χ0n) is 17.6. The standard InChI is InChI=1S/C24H24FN5O/c1-28-12-14-29(15-13-28)18-8-6-17(7-9-18)23-19-10-11-26-16-21(19)30(27-23)24-20(25)4-3-5-22(24)31-2/h3-11,16H,12-15H2,1-2H3. The van der Waals surface area contributed by atoms with Crippen molar-refractivity contribution < 1.29 is 9.13 Å². The molecule has 2 aromatic carbocycles. The Hall–Kier alpha value is -3.45. The molecule has 0 unspecified atom stereocenters. The molecule has 3 heterocycles. The van der Waals surface area contributed by atoms with E-state index in [0.29, 0.717) is 5.75 Å². The number of ether oxygens (including phenoxy) is 1. The zero-order valence-corrected chi connectivity index (χ0v) is 17.6. The van der Waals surface area contributed by atoms with Crippen LogP contribution >= 0.6 is 0 Å². The van der Waals surface area contributed by atoms with Gasteiger partial charge in [0.15, 0.2) is 5.82 Å². The highest BCUT2D eigenvalue weighted by atomic mass is 19.1. The first-order valence-electron chi connectivity index (χ1n) is 10.4. The fourth-order valence-electron chi connectivity index (χ4n) is 4.11. The van der Waals surface area contributed by atoms with Crippen molar-refractivity contribution in [2.45, 2.75) is 0 Å². The monoisotopic (exact) mass is 417 g/mol. The number of pyridine rings is 1. The summed E-state index contributed by atoms with van der Waals surface area (Å²) in [6.45, 7) is 4.17. The third-order valence-corrected chi connectivity index (χ3v) is 5.87. The summed E-state index contributed by atoms with van der Waals surface area (Å²) in [4.78, 5) is 8.98. The van der Waals surface area contributed by atoms with Crippen LogP contribution in [0.25, 0.3) is 27.8 Å². The summed E-state index contributed by atoms with van der Waals surface area (Å²) in [5, 5.41) is 5.70. The summed E-state index contributed by atoms with van der Waals surface area (Å²) < 4.78 is 21.8. The molecule has 1 aliphatic rings. The van der Waals surface area contributed by atoms with Gasteiger partial charge in [-0.2, -0.15) is 5.10 Å². The molecule has 31 heavy (non-hydrogen) atoms. The van der Waals surface area contributed by atoms with Gasteiger partial charge in [-0.05, 0) is 37.4 Å². The molecule has 158 valence electrons. The largest absolute Gasteiger partial charge is 0.494 e. The molecule has 1 aliphatic heterocycles. The molecule has 0 aliphatic carbocycles. The van der Waals surface area contributed by atoms with Gasteiger partial charge in [-0.3, -0.25) is 4.98 Å². The Bertz CT molecular complexity index is 1210. The van der Waals surface area contributed by atoms with Crippen LogP contribution in [0.2, 0.25) is 0 Å². The summed E-state index contributed by atoms with van der Waals surface area (Å²) in [6.07, 6.45) is 3.44. The van der Waals surface area contributed by atoms with Crippen LogP contribution in [-0.4, -0.2) is 60.0 Å². The number of piperazine rings is 1. The Morgan fingerprint density at radius 2 is 1.74 bits per heavy atom. The van der Waals surface area contributed by atoms with Crippen molar-refractivity contribution in [3.05, 3.63) is 66.7 Å². The summed E-state index contributed by atoms with van der Waals surface area (Å²) in [6, 6.07) is 15.1. The van der Waals surface area contributed by atoms with Crippen molar-refractivity contribution >= 4 is 16.6 Å². The number of hydrogen-bond acceptors (Lipinski definition) is 5. The lowest BCUT2D eigenvalue weighted by atomic mass is 10.1. The normalized spacial score (nSPS) is 14.9. The van der Waals surface area contributed by atoms with Gasteiger partial charge in [0, 0.05) is 49.0 Å². The molecule has 0 N–H and O–H groups in total. The van der Waals surface area contributed by atoms with Gasteiger partial charge in [0.1, 0.15) is 17.1 Å². The lowest BCUT2D eigenvalue weighted by Crippen LogP contribution is -2.44. The lowest BCUT2D eigenvalue weighted by Gasteiger charge is -2.34. The first kappa shape index (κ1) is 19.5. The van der Waals surface area contributed by atoms with Crippen LogP contribution in [0.3, 0.4) is 0 Å². The van der Waals surface area contributed by atoms with E-state index in [1.165, 1.54) is 18.9 Å². The van der Waals surface area contributed by atoms with Crippen molar-refractivity contribution in [1.82, 2.24) is 19.7 Å². The van der Waals surface area contributed by atoms with Gasteiger partial charge < -0.3 is 14.5 Å². The molecule has 4 aromatic rings. The van der Waals surface area contributed by atoms with Crippen molar-refractivity contribution in [2.75, 3.05) is 45.2 Å². The highest BCUT2D eigenvalue weighted by molar-refractivity contribution is 5.94. The molecule has 1 saturated heterocycles. The molecular formula is C24H24FN5O. The minimum absolute atomic E-state index is 0.281. The predicted molar refractivity (Wildman–Crippen MR) is 121 cm³/mol. The second kappa shape index (κ2) is 8.00. The second-order valence-electron chi connectivity index (χ2n) is 7.78. The minimum Gasteiger partial charge on any atom is -0.494 e. The predicted octanol–water partition coefficient (Wildman–Crippen LogP) is 3.99. The molecule has 0 radical (unpaired) electrons. The van der Waals surface area contributed by atoms with Crippen LogP contribution < -0.4 is 9.64 Å². The SMILES string of the molecule is COc1cccc(F)c1-n1nc(-c2ccc(N3CCN(C)CC3)cc2)c2ccncc21. The van der Waals surface area contributed by atoms with Crippen molar-refractivity contribution in [1.29, 1.82) is 0 Å². The zero-order chi connectivity index (χ0) is 21.4. The molecule has 0 spiro atoms. The molecule has 0 saturated carbocycles. The fraction of sp³-hybridized carbons (Fsp3) is 0.250. The number of hydrogen-bond donors (Lipinski definition) is 0.